The molecule has 1 fully saturated rings. The lowest BCUT2D eigenvalue weighted by molar-refractivity contribution is 0.0995. The molecule has 2 unspecified atom stereocenters. The van der Waals surface area contributed by atoms with Crippen molar-refractivity contribution >= 4 is 11.6 Å². The van der Waals surface area contributed by atoms with E-state index in [9.17, 15) is 9.90 Å². The number of carbonyl (C=O) groups is 1. The summed E-state index contributed by atoms with van der Waals surface area (Å²) in [5, 5.41) is 10.1. The molecule has 1 aromatic heterocycles. The lowest BCUT2D eigenvalue weighted by Gasteiger charge is -2.27. The summed E-state index contributed by atoms with van der Waals surface area (Å²) in [7, 11) is 1.63. The molecule has 2 aromatic rings. The number of carbonyl (C=O) groups excluding carboxylic acids is 1. The van der Waals surface area contributed by atoms with Crippen molar-refractivity contribution in [3.05, 3.63) is 53.9 Å². The van der Waals surface area contributed by atoms with E-state index in [1.165, 1.54) is 0 Å². The average Bonchev–Trinajstić information content (AvgIpc) is 2.97. The number of aromatic nitrogens is 1. The van der Waals surface area contributed by atoms with Crippen LogP contribution in [0.25, 0.3) is 0 Å². The van der Waals surface area contributed by atoms with E-state index in [2.05, 4.69) is 9.88 Å². The quantitative estimate of drug-likeness (QED) is 0.893. The number of aliphatic hydroxyl groups is 1. The highest BCUT2D eigenvalue weighted by molar-refractivity contribution is 5.91. The predicted octanol–water partition coefficient (Wildman–Crippen LogP) is 1.50. The molecule has 0 bridgehead atoms. The first-order valence-electron chi connectivity index (χ1n) is 7.43. The summed E-state index contributed by atoms with van der Waals surface area (Å²) in [4.78, 5) is 17.4. The number of benzene rings is 1. The molecule has 1 aliphatic heterocycles. The minimum absolute atomic E-state index is 0.00299. The Balaban J connectivity index is 1.96. The smallest absolute Gasteiger partial charge is 0.267 e. The van der Waals surface area contributed by atoms with Gasteiger partial charge in [-0.25, -0.2) is 0 Å². The average molecular weight is 313 g/mol. The molecule has 1 saturated heterocycles. The molecule has 6 heteroatoms. The van der Waals surface area contributed by atoms with Crippen LogP contribution >= 0.6 is 0 Å². The van der Waals surface area contributed by atoms with E-state index in [0.717, 1.165) is 17.0 Å². The van der Waals surface area contributed by atoms with Crippen LogP contribution in [0.2, 0.25) is 0 Å². The number of amides is 1. The first-order chi connectivity index (χ1) is 11.1. The maximum absolute atomic E-state index is 11.3. The summed E-state index contributed by atoms with van der Waals surface area (Å²) in [6.45, 7) is 0.490. The second-order valence-corrected chi connectivity index (χ2v) is 5.60. The Morgan fingerprint density at radius 1 is 1.39 bits per heavy atom. The third-order valence-electron chi connectivity index (χ3n) is 4.09. The Kier molecular flexibility index (Phi) is 4.16. The van der Waals surface area contributed by atoms with Gasteiger partial charge in [0, 0.05) is 18.4 Å². The number of aliphatic hydroxyl groups excluding tert-OH is 1. The summed E-state index contributed by atoms with van der Waals surface area (Å²) < 4.78 is 5.28. The van der Waals surface area contributed by atoms with Crippen molar-refractivity contribution in [1.82, 2.24) is 4.98 Å². The monoisotopic (exact) mass is 313 g/mol. The van der Waals surface area contributed by atoms with Gasteiger partial charge in [-0.05, 0) is 36.2 Å². The van der Waals surface area contributed by atoms with Gasteiger partial charge in [-0.1, -0.05) is 12.1 Å². The highest BCUT2D eigenvalue weighted by atomic mass is 16.5. The van der Waals surface area contributed by atoms with Crippen molar-refractivity contribution in [3.63, 3.8) is 0 Å². The first kappa shape index (κ1) is 15.3. The molecule has 2 heterocycles. The van der Waals surface area contributed by atoms with Crippen LogP contribution in [0.4, 0.5) is 5.69 Å². The van der Waals surface area contributed by atoms with Crippen LogP contribution in [-0.4, -0.2) is 35.8 Å². The molecular weight excluding hydrogens is 294 g/mol. The Hall–Kier alpha value is -2.60. The molecule has 1 aliphatic rings. The van der Waals surface area contributed by atoms with Crippen molar-refractivity contribution in [3.8, 4) is 5.75 Å². The molecule has 3 rings (SSSR count). The minimum Gasteiger partial charge on any atom is -0.497 e. The fourth-order valence-corrected chi connectivity index (χ4v) is 3.00. The Morgan fingerprint density at radius 2 is 2.22 bits per heavy atom. The number of β-amino-alcohol motifs (C(OH)–C–C–N with tert-alkyl or cyclic N) is 1. The lowest BCUT2D eigenvalue weighted by Crippen LogP contribution is -2.25. The van der Waals surface area contributed by atoms with Crippen LogP contribution in [-0.2, 0) is 0 Å². The van der Waals surface area contributed by atoms with E-state index in [4.69, 9.17) is 10.5 Å². The molecule has 120 valence electrons. The predicted molar refractivity (Wildman–Crippen MR) is 86.5 cm³/mol. The van der Waals surface area contributed by atoms with Gasteiger partial charge >= 0.3 is 0 Å². The van der Waals surface area contributed by atoms with E-state index >= 15 is 0 Å². The fourth-order valence-electron chi connectivity index (χ4n) is 3.00. The van der Waals surface area contributed by atoms with Crippen molar-refractivity contribution in [2.24, 2.45) is 5.73 Å². The number of pyridine rings is 1. The number of anilines is 1. The molecule has 0 saturated carbocycles. The second-order valence-electron chi connectivity index (χ2n) is 5.60. The Bertz CT molecular complexity index is 720. The molecular formula is C17H19N3O3. The van der Waals surface area contributed by atoms with Gasteiger partial charge < -0.3 is 20.5 Å². The number of nitrogens with zero attached hydrogens (tertiary/aromatic N) is 2. The minimum atomic E-state index is -0.565. The van der Waals surface area contributed by atoms with Gasteiger partial charge in [0.1, 0.15) is 11.4 Å². The zero-order valence-corrected chi connectivity index (χ0v) is 12.8. The van der Waals surface area contributed by atoms with Crippen molar-refractivity contribution < 1.29 is 14.6 Å². The van der Waals surface area contributed by atoms with Gasteiger partial charge in [0.05, 0.1) is 19.3 Å². The van der Waals surface area contributed by atoms with Gasteiger partial charge in [0.15, 0.2) is 0 Å². The number of nitrogens with two attached hydrogens (primary N) is 1. The third kappa shape index (κ3) is 3.12. The molecule has 6 nitrogen and oxygen atoms in total. The van der Waals surface area contributed by atoms with E-state index in [0.29, 0.717) is 13.0 Å². The number of rotatable bonds is 4. The molecule has 0 radical (unpaired) electrons. The fraction of sp³-hybridized carbons (Fsp3) is 0.294. The Morgan fingerprint density at radius 3 is 2.96 bits per heavy atom. The van der Waals surface area contributed by atoms with E-state index in [1.54, 1.807) is 19.4 Å². The molecule has 0 spiro atoms. The third-order valence-corrected chi connectivity index (χ3v) is 4.09. The molecule has 0 aliphatic carbocycles. The van der Waals surface area contributed by atoms with Crippen molar-refractivity contribution in [1.29, 1.82) is 0 Å². The topological polar surface area (TPSA) is 88.7 Å². The summed E-state index contributed by atoms with van der Waals surface area (Å²) in [6, 6.07) is 11.3. The zero-order chi connectivity index (χ0) is 16.4. The van der Waals surface area contributed by atoms with Crippen molar-refractivity contribution in [2.75, 3.05) is 18.6 Å². The van der Waals surface area contributed by atoms with Crippen LogP contribution in [0.5, 0.6) is 5.75 Å². The zero-order valence-electron chi connectivity index (χ0n) is 12.8. The maximum Gasteiger partial charge on any atom is 0.267 e. The van der Waals surface area contributed by atoms with Crippen LogP contribution in [0.3, 0.4) is 0 Å². The van der Waals surface area contributed by atoms with Crippen LogP contribution < -0.4 is 15.4 Å². The molecule has 1 amide bonds. The van der Waals surface area contributed by atoms with Crippen molar-refractivity contribution in [2.45, 2.75) is 18.6 Å². The Labute approximate surface area is 134 Å². The highest BCUT2D eigenvalue weighted by Crippen LogP contribution is 2.37. The lowest BCUT2D eigenvalue weighted by atomic mass is 10.0. The van der Waals surface area contributed by atoms with Gasteiger partial charge in [-0.3, -0.25) is 9.78 Å². The first-order valence-corrected chi connectivity index (χ1v) is 7.43. The number of ether oxygens (including phenoxy) is 1. The van der Waals surface area contributed by atoms with Gasteiger partial charge in [-0.2, -0.15) is 0 Å². The van der Waals surface area contributed by atoms with E-state index in [1.807, 2.05) is 30.3 Å². The molecule has 3 N–H and O–H groups in total. The normalized spacial score (nSPS) is 20.5. The number of hydrogen-bond donors (Lipinski definition) is 2. The van der Waals surface area contributed by atoms with Gasteiger partial charge in [0.25, 0.3) is 5.91 Å². The maximum atomic E-state index is 11.3. The second kappa shape index (κ2) is 6.26. The van der Waals surface area contributed by atoms with Crippen LogP contribution in [0.1, 0.15) is 28.5 Å². The summed E-state index contributed by atoms with van der Waals surface area (Å²) in [6.07, 6.45) is 1.74. The molecule has 23 heavy (non-hydrogen) atoms. The largest absolute Gasteiger partial charge is 0.497 e. The van der Waals surface area contributed by atoms with E-state index in [-0.39, 0.29) is 11.7 Å². The summed E-state index contributed by atoms with van der Waals surface area (Å²) in [5.74, 6) is 0.209. The molecule has 1 aromatic carbocycles. The summed E-state index contributed by atoms with van der Waals surface area (Å²) in [5.41, 5.74) is 7.39. The van der Waals surface area contributed by atoms with Gasteiger partial charge in [-0.15, -0.1) is 0 Å². The van der Waals surface area contributed by atoms with Gasteiger partial charge in [0.2, 0.25) is 0 Å². The highest BCUT2D eigenvalue weighted by Gasteiger charge is 2.32. The number of primary amides is 1. The van der Waals surface area contributed by atoms with Crippen LogP contribution in [0.15, 0.2) is 42.6 Å². The standard InChI is InChI=1S/C17H19N3O3/c1-23-14-4-2-3-11(7-14)16-9-13(21)10-20(16)12-5-6-19-15(8-12)17(18)22/h2-8,13,16,21H,9-10H2,1H3,(H2,18,22). The molecule has 2 atom stereocenters. The number of methoxy groups -OCH3 is 1. The number of hydrogen-bond acceptors (Lipinski definition) is 5. The SMILES string of the molecule is COc1cccc(C2CC(O)CN2c2ccnc(C(N)=O)c2)c1. The van der Waals surface area contributed by atoms with Crippen LogP contribution in [0, 0.1) is 0 Å². The van der Waals surface area contributed by atoms with E-state index < -0.39 is 12.0 Å². The summed E-state index contributed by atoms with van der Waals surface area (Å²) >= 11 is 0.